The maximum atomic E-state index is 12.9. The molecule has 1 fully saturated rings. The molecule has 0 radical (unpaired) electrons. The Morgan fingerprint density at radius 2 is 1.64 bits per heavy atom. The molecule has 1 aromatic heterocycles. The minimum absolute atomic E-state index is 0.0753. The summed E-state index contributed by atoms with van der Waals surface area (Å²) in [5.41, 5.74) is 2.76. The highest BCUT2D eigenvalue weighted by molar-refractivity contribution is 7.89. The van der Waals surface area contributed by atoms with Gasteiger partial charge in [0.15, 0.2) is 0 Å². The average Bonchev–Trinajstić information content (AvgIpc) is 2.74. The van der Waals surface area contributed by atoms with Crippen molar-refractivity contribution in [3.05, 3.63) is 66.0 Å². The summed E-state index contributed by atoms with van der Waals surface area (Å²) in [6, 6.07) is 16.0. The Kier molecular flexibility index (Phi) is 5.05. The summed E-state index contributed by atoms with van der Waals surface area (Å²) in [5.74, 6) is 0. The van der Waals surface area contributed by atoms with Crippen LogP contribution >= 0.6 is 0 Å². The van der Waals surface area contributed by atoms with Gasteiger partial charge in [-0.15, -0.1) is 0 Å². The third-order valence-electron chi connectivity index (χ3n) is 4.84. The van der Waals surface area contributed by atoms with Crippen molar-refractivity contribution >= 4 is 21.1 Å². The predicted molar refractivity (Wildman–Crippen MR) is 105 cm³/mol. The van der Waals surface area contributed by atoms with Crippen LogP contribution in [0.25, 0.3) is 11.0 Å². The van der Waals surface area contributed by atoms with Gasteiger partial charge in [-0.1, -0.05) is 24.3 Å². The minimum Gasteiger partial charge on any atom is -0.295 e. The first kappa shape index (κ1) is 18.5. The van der Waals surface area contributed by atoms with Gasteiger partial charge in [0.1, 0.15) is 6.07 Å². The Hall–Kier alpha value is -2.86. The number of sulfonamides is 1. The van der Waals surface area contributed by atoms with Crippen LogP contribution in [0.2, 0.25) is 0 Å². The molecule has 0 unspecified atom stereocenters. The highest BCUT2D eigenvalue weighted by Gasteiger charge is 2.30. The van der Waals surface area contributed by atoms with Gasteiger partial charge in [-0.2, -0.15) is 9.57 Å². The maximum Gasteiger partial charge on any atom is 0.244 e. The van der Waals surface area contributed by atoms with Gasteiger partial charge in [0.2, 0.25) is 10.0 Å². The molecule has 0 saturated carbocycles. The summed E-state index contributed by atoms with van der Waals surface area (Å²) in [7, 11) is -3.67. The van der Waals surface area contributed by atoms with Gasteiger partial charge in [0.05, 0.1) is 33.4 Å². The van der Waals surface area contributed by atoms with E-state index < -0.39 is 10.0 Å². The summed E-state index contributed by atoms with van der Waals surface area (Å²) in [6.45, 7) is 2.58. The number of rotatable bonds is 4. The summed E-state index contributed by atoms with van der Waals surface area (Å²) in [5, 5.41) is 9.21. The molecule has 1 aliphatic rings. The van der Waals surface area contributed by atoms with Crippen molar-refractivity contribution in [2.24, 2.45) is 0 Å². The topological polar surface area (TPSA) is 90.2 Å². The lowest BCUT2D eigenvalue weighted by atomic mass is 10.2. The molecule has 0 spiro atoms. The number of hydrogen-bond acceptors (Lipinski definition) is 6. The zero-order chi connectivity index (χ0) is 19.6. The number of aromatic nitrogens is 2. The molecular formula is C20H19N5O2S. The molecule has 28 heavy (non-hydrogen) atoms. The number of piperazine rings is 1. The number of nitrogens with zero attached hydrogens (tertiary/aromatic N) is 5. The highest BCUT2D eigenvalue weighted by atomic mass is 32.2. The van der Waals surface area contributed by atoms with E-state index in [1.807, 2.05) is 30.3 Å². The van der Waals surface area contributed by atoms with Gasteiger partial charge in [0.25, 0.3) is 0 Å². The fourth-order valence-electron chi connectivity index (χ4n) is 3.35. The summed E-state index contributed by atoms with van der Waals surface area (Å²) in [4.78, 5) is 11.3. The first-order chi connectivity index (χ1) is 13.6. The van der Waals surface area contributed by atoms with Crippen molar-refractivity contribution in [3.63, 3.8) is 0 Å². The van der Waals surface area contributed by atoms with E-state index in [4.69, 9.17) is 0 Å². The molecule has 4 rings (SSSR count). The van der Waals surface area contributed by atoms with Crippen LogP contribution in [0.5, 0.6) is 0 Å². The number of benzene rings is 2. The van der Waals surface area contributed by atoms with E-state index in [0.717, 1.165) is 16.7 Å². The molecule has 0 aliphatic carbocycles. The zero-order valence-electron chi connectivity index (χ0n) is 15.2. The number of fused-ring (bicyclic) bond motifs is 1. The Balaban J connectivity index is 1.44. The summed E-state index contributed by atoms with van der Waals surface area (Å²) < 4.78 is 27.3. The standard InChI is InChI=1S/C20H19N5O2S/c21-13-16-5-1-4-8-20(16)28(26,27)25-11-9-24(10-12-25)15-17-14-22-18-6-2-3-7-19(18)23-17/h1-8,14H,9-12,15H2. The van der Waals surface area contributed by atoms with E-state index in [2.05, 4.69) is 14.9 Å². The third kappa shape index (κ3) is 3.60. The van der Waals surface area contributed by atoms with Crippen molar-refractivity contribution in [1.82, 2.24) is 19.2 Å². The first-order valence-electron chi connectivity index (χ1n) is 9.00. The van der Waals surface area contributed by atoms with E-state index in [0.29, 0.717) is 32.7 Å². The molecule has 2 aromatic carbocycles. The van der Waals surface area contributed by atoms with Crippen molar-refractivity contribution in [1.29, 1.82) is 5.26 Å². The van der Waals surface area contributed by atoms with Crippen LogP contribution in [0.3, 0.4) is 0 Å². The highest BCUT2D eigenvalue weighted by Crippen LogP contribution is 2.21. The Labute approximate surface area is 163 Å². The van der Waals surface area contributed by atoms with Gasteiger partial charge in [-0.3, -0.25) is 9.88 Å². The van der Waals surface area contributed by atoms with E-state index in [1.54, 1.807) is 18.3 Å². The Morgan fingerprint density at radius 3 is 2.39 bits per heavy atom. The molecule has 0 bridgehead atoms. The van der Waals surface area contributed by atoms with Crippen LogP contribution in [0.1, 0.15) is 11.3 Å². The van der Waals surface area contributed by atoms with E-state index in [-0.39, 0.29) is 10.5 Å². The summed E-state index contributed by atoms with van der Waals surface area (Å²) in [6.07, 6.45) is 1.77. The second-order valence-electron chi connectivity index (χ2n) is 6.64. The molecule has 142 valence electrons. The molecule has 1 aliphatic heterocycles. The van der Waals surface area contributed by atoms with Crippen LogP contribution in [-0.2, 0) is 16.6 Å². The SMILES string of the molecule is N#Cc1ccccc1S(=O)(=O)N1CCN(Cc2cnc3ccccc3n2)CC1. The lowest BCUT2D eigenvalue weighted by Gasteiger charge is -2.33. The third-order valence-corrected chi connectivity index (χ3v) is 6.80. The van der Waals surface area contributed by atoms with E-state index in [9.17, 15) is 13.7 Å². The molecule has 7 nitrogen and oxygen atoms in total. The van der Waals surface area contributed by atoms with Crippen molar-refractivity contribution in [2.45, 2.75) is 11.4 Å². The number of hydrogen-bond donors (Lipinski definition) is 0. The predicted octanol–water partition coefficient (Wildman–Crippen LogP) is 2.01. The monoisotopic (exact) mass is 393 g/mol. The van der Waals surface area contributed by atoms with Crippen LogP contribution in [0, 0.1) is 11.3 Å². The van der Waals surface area contributed by atoms with Crippen molar-refractivity contribution in [3.8, 4) is 6.07 Å². The number of para-hydroxylation sites is 2. The molecule has 8 heteroatoms. The van der Waals surface area contributed by atoms with Crippen molar-refractivity contribution in [2.75, 3.05) is 26.2 Å². The van der Waals surface area contributed by atoms with Crippen LogP contribution in [0.15, 0.2) is 59.6 Å². The van der Waals surface area contributed by atoms with Crippen molar-refractivity contribution < 1.29 is 8.42 Å². The van der Waals surface area contributed by atoms with Gasteiger partial charge >= 0.3 is 0 Å². The first-order valence-corrected chi connectivity index (χ1v) is 10.4. The molecular weight excluding hydrogens is 374 g/mol. The largest absolute Gasteiger partial charge is 0.295 e. The average molecular weight is 393 g/mol. The smallest absolute Gasteiger partial charge is 0.244 e. The maximum absolute atomic E-state index is 12.9. The van der Waals surface area contributed by atoms with Gasteiger partial charge in [0, 0.05) is 32.7 Å². The molecule has 3 aromatic rings. The second-order valence-corrected chi connectivity index (χ2v) is 8.54. The van der Waals surface area contributed by atoms with Crippen LogP contribution in [0.4, 0.5) is 0 Å². The zero-order valence-corrected chi connectivity index (χ0v) is 16.0. The fraction of sp³-hybridized carbons (Fsp3) is 0.250. The molecule has 0 N–H and O–H groups in total. The molecule has 0 atom stereocenters. The number of nitriles is 1. The van der Waals surface area contributed by atoms with Crippen LogP contribution < -0.4 is 0 Å². The molecule has 1 saturated heterocycles. The minimum atomic E-state index is -3.67. The van der Waals surface area contributed by atoms with E-state index in [1.165, 1.54) is 16.4 Å². The molecule has 0 amide bonds. The van der Waals surface area contributed by atoms with Gasteiger partial charge in [-0.05, 0) is 24.3 Å². The quantitative estimate of drug-likeness (QED) is 0.673. The lowest BCUT2D eigenvalue weighted by molar-refractivity contribution is 0.180. The van der Waals surface area contributed by atoms with Gasteiger partial charge in [-0.25, -0.2) is 13.4 Å². The van der Waals surface area contributed by atoms with E-state index >= 15 is 0 Å². The molecule has 2 heterocycles. The lowest BCUT2D eigenvalue weighted by Crippen LogP contribution is -2.48. The Bertz CT molecular complexity index is 1150. The summed E-state index contributed by atoms with van der Waals surface area (Å²) >= 11 is 0. The fourth-order valence-corrected chi connectivity index (χ4v) is 4.92. The van der Waals surface area contributed by atoms with Crippen LogP contribution in [-0.4, -0.2) is 53.8 Å². The van der Waals surface area contributed by atoms with Gasteiger partial charge < -0.3 is 0 Å². The second kappa shape index (κ2) is 7.64. The Morgan fingerprint density at radius 1 is 0.964 bits per heavy atom. The normalized spacial score (nSPS) is 16.1.